The molecule has 0 aliphatic rings. The number of halogens is 2. The molecule has 1 rings (SSSR count). The fraction of sp³-hybridized carbons (Fsp3) is 0.250. The van der Waals surface area contributed by atoms with E-state index in [4.69, 9.17) is 5.73 Å². The van der Waals surface area contributed by atoms with Gasteiger partial charge in [-0.15, -0.1) is 0 Å². The third-order valence-corrected chi connectivity index (χ3v) is 3.27. The minimum Gasteiger partial charge on any atom is -0.399 e. The largest absolute Gasteiger partial charge is 0.399 e. The molecule has 0 aliphatic heterocycles. The quantitative estimate of drug-likeness (QED) is 0.803. The van der Waals surface area contributed by atoms with Crippen molar-refractivity contribution in [3.05, 3.63) is 24.3 Å². The second kappa shape index (κ2) is 4.01. The standard InChI is InChI=1S/C8H10F2N2O2S/c1-12(15(13,14)8(9)10)7-4-2-3-6(11)5-7/h2-5,8H,11H2,1H3. The maximum atomic E-state index is 12.2. The van der Waals surface area contributed by atoms with Crippen LogP contribution in [-0.2, 0) is 10.0 Å². The van der Waals surface area contributed by atoms with Crippen molar-refractivity contribution in [1.82, 2.24) is 0 Å². The topological polar surface area (TPSA) is 63.4 Å². The predicted molar refractivity (Wildman–Crippen MR) is 54.2 cm³/mol. The fourth-order valence-electron chi connectivity index (χ4n) is 0.987. The Labute approximate surface area is 86.4 Å². The van der Waals surface area contributed by atoms with Gasteiger partial charge in [-0.3, -0.25) is 4.31 Å². The average molecular weight is 236 g/mol. The van der Waals surface area contributed by atoms with Crippen LogP contribution in [0, 0.1) is 0 Å². The molecule has 0 saturated heterocycles. The molecule has 0 aromatic heterocycles. The van der Waals surface area contributed by atoms with Crippen molar-refractivity contribution in [3.8, 4) is 0 Å². The first-order chi connectivity index (χ1) is 6.85. The van der Waals surface area contributed by atoms with Crippen LogP contribution < -0.4 is 10.0 Å². The number of hydrogen-bond acceptors (Lipinski definition) is 3. The zero-order chi connectivity index (χ0) is 11.6. The lowest BCUT2D eigenvalue weighted by molar-refractivity contribution is 0.234. The third-order valence-electron chi connectivity index (χ3n) is 1.84. The minimum absolute atomic E-state index is 0.107. The summed E-state index contributed by atoms with van der Waals surface area (Å²) >= 11 is 0. The van der Waals surface area contributed by atoms with Crippen molar-refractivity contribution in [3.63, 3.8) is 0 Å². The maximum absolute atomic E-state index is 12.2. The summed E-state index contributed by atoms with van der Waals surface area (Å²) in [5.41, 5.74) is 5.82. The lowest BCUT2D eigenvalue weighted by Crippen LogP contribution is -2.31. The molecule has 0 heterocycles. The van der Waals surface area contributed by atoms with Gasteiger partial charge >= 0.3 is 5.76 Å². The number of rotatable bonds is 3. The first-order valence-electron chi connectivity index (χ1n) is 3.97. The van der Waals surface area contributed by atoms with Gasteiger partial charge in [-0.25, -0.2) is 8.42 Å². The van der Waals surface area contributed by atoms with Crippen LogP contribution in [0.15, 0.2) is 24.3 Å². The summed E-state index contributed by atoms with van der Waals surface area (Å²) < 4.78 is 47.0. The fourth-order valence-corrected chi connectivity index (χ4v) is 1.63. The second-order valence-electron chi connectivity index (χ2n) is 2.87. The summed E-state index contributed by atoms with van der Waals surface area (Å²) in [5, 5.41) is 0. The van der Waals surface area contributed by atoms with Gasteiger partial charge in [0, 0.05) is 12.7 Å². The van der Waals surface area contributed by atoms with E-state index in [-0.39, 0.29) is 5.69 Å². The van der Waals surface area contributed by atoms with Crippen LogP contribution in [0.25, 0.3) is 0 Å². The molecule has 7 heteroatoms. The Hall–Kier alpha value is -1.37. The lowest BCUT2D eigenvalue weighted by atomic mass is 10.3. The highest BCUT2D eigenvalue weighted by molar-refractivity contribution is 7.93. The highest BCUT2D eigenvalue weighted by Gasteiger charge is 2.29. The van der Waals surface area contributed by atoms with Crippen molar-refractivity contribution in [2.45, 2.75) is 5.76 Å². The van der Waals surface area contributed by atoms with Gasteiger partial charge in [-0.1, -0.05) is 6.07 Å². The van der Waals surface area contributed by atoms with E-state index in [1.165, 1.54) is 24.3 Å². The molecular weight excluding hydrogens is 226 g/mol. The van der Waals surface area contributed by atoms with Gasteiger partial charge in [0.05, 0.1) is 5.69 Å². The van der Waals surface area contributed by atoms with Gasteiger partial charge in [-0.2, -0.15) is 8.78 Å². The van der Waals surface area contributed by atoms with Crippen LogP contribution >= 0.6 is 0 Å². The number of nitrogen functional groups attached to an aromatic ring is 1. The van der Waals surface area contributed by atoms with Crippen LogP contribution in [0.2, 0.25) is 0 Å². The van der Waals surface area contributed by atoms with Gasteiger partial charge in [0.2, 0.25) is 0 Å². The minimum atomic E-state index is -4.60. The maximum Gasteiger partial charge on any atom is 0.355 e. The molecular formula is C8H10F2N2O2S. The van der Waals surface area contributed by atoms with Gasteiger partial charge in [0.1, 0.15) is 0 Å². The summed E-state index contributed by atoms with van der Waals surface area (Å²) in [6.45, 7) is 0. The van der Waals surface area contributed by atoms with Gasteiger partial charge < -0.3 is 5.73 Å². The van der Waals surface area contributed by atoms with E-state index in [1.54, 1.807) is 0 Å². The number of alkyl halides is 2. The molecule has 0 aliphatic carbocycles. The molecule has 84 valence electrons. The van der Waals surface area contributed by atoms with Gasteiger partial charge in [0.15, 0.2) is 0 Å². The lowest BCUT2D eigenvalue weighted by Gasteiger charge is -2.18. The van der Waals surface area contributed by atoms with Crippen molar-refractivity contribution in [2.75, 3.05) is 17.1 Å². The molecule has 1 aromatic rings. The predicted octanol–water partition coefficient (Wildman–Crippen LogP) is 1.26. The van der Waals surface area contributed by atoms with Gasteiger partial charge in [0.25, 0.3) is 10.0 Å². The van der Waals surface area contributed by atoms with Crippen LogP contribution in [0.3, 0.4) is 0 Å². The molecule has 1 aromatic carbocycles. The summed E-state index contributed by atoms with van der Waals surface area (Å²) in [5.74, 6) is -3.44. The number of hydrogen-bond donors (Lipinski definition) is 1. The van der Waals surface area contributed by atoms with Crippen molar-refractivity contribution in [2.24, 2.45) is 0 Å². The van der Waals surface area contributed by atoms with Crippen LogP contribution in [0.4, 0.5) is 20.2 Å². The van der Waals surface area contributed by atoms with E-state index >= 15 is 0 Å². The Bertz CT molecular complexity index is 448. The Morgan fingerprint density at radius 3 is 2.47 bits per heavy atom. The highest BCUT2D eigenvalue weighted by Crippen LogP contribution is 2.21. The Balaban J connectivity index is 3.10. The number of sulfonamides is 1. The van der Waals surface area contributed by atoms with Crippen LogP contribution in [0.5, 0.6) is 0 Å². The van der Waals surface area contributed by atoms with Crippen molar-refractivity contribution >= 4 is 21.4 Å². The van der Waals surface area contributed by atoms with Crippen LogP contribution in [-0.4, -0.2) is 21.2 Å². The van der Waals surface area contributed by atoms with Gasteiger partial charge in [-0.05, 0) is 18.2 Å². The summed E-state index contributed by atoms with van der Waals surface area (Å²) in [4.78, 5) is 0. The van der Waals surface area contributed by atoms with Crippen molar-refractivity contribution < 1.29 is 17.2 Å². The number of anilines is 2. The second-order valence-corrected chi connectivity index (χ2v) is 4.80. The molecule has 2 N–H and O–H groups in total. The molecule has 0 amide bonds. The van der Waals surface area contributed by atoms with E-state index in [2.05, 4.69) is 0 Å². The summed E-state index contributed by atoms with van der Waals surface area (Å²) in [6, 6.07) is 5.71. The van der Waals surface area contributed by atoms with E-state index < -0.39 is 15.8 Å². The number of benzene rings is 1. The van der Waals surface area contributed by atoms with E-state index in [9.17, 15) is 17.2 Å². The average Bonchev–Trinajstić information content (AvgIpc) is 2.16. The molecule has 0 fully saturated rings. The Morgan fingerprint density at radius 2 is 2.00 bits per heavy atom. The normalized spacial score (nSPS) is 11.7. The Morgan fingerprint density at radius 1 is 1.40 bits per heavy atom. The number of nitrogens with zero attached hydrogens (tertiary/aromatic N) is 1. The van der Waals surface area contributed by atoms with Crippen molar-refractivity contribution in [1.29, 1.82) is 0 Å². The SMILES string of the molecule is CN(c1cccc(N)c1)S(=O)(=O)C(F)F. The first-order valence-corrected chi connectivity index (χ1v) is 5.47. The van der Waals surface area contributed by atoms with E-state index in [0.29, 0.717) is 9.99 Å². The highest BCUT2D eigenvalue weighted by atomic mass is 32.2. The molecule has 4 nitrogen and oxygen atoms in total. The zero-order valence-corrected chi connectivity index (χ0v) is 8.71. The molecule has 0 unspecified atom stereocenters. The molecule has 0 radical (unpaired) electrons. The van der Waals surface area contributed by atoms with E-state index in [1.807, 2.05) is 0 Å². The first kappa shape index (κ1) is 11.7. The Kier molecular flexibility index (Phi) is 3.13. The third kappa shape index (κ3) is 2.35. The molecule has 0 bridgehead atoms. The monoisotopic (exact) mass is 236 g/mol. The molecule has 0 saturated carbocycles. The zero-order valence-electron chi connectivity index (χ0n) is 7.89. The summed E-state index contributed by atoms with van der Waals surface area (Å²) in [7, 11) is -3.55. The van der Waals surface area contributed by atoms with Crippen LogP contribution in [0.1, 0.15) is 0 Å². The molecule has 15 heavy (non-hydrogen) atoms. The number of nitrogens with two attached hydrogens (primary N) is 1. The van der Waals surface area contributed by atoms with E-state index in [0.717, 1.165) is 7.05 Å². The summed E-state index contributed by atoms with van der Waals surface area (Å²) in [6.07, 6.45) is 0. The smallest absolute Gasteiger partial charge is 0.355 e. The molecule has 0 spiro atoms. The molecule has 0 atom stereocenters.